The minimum Gasteiger partial charge on any atom is -0.456 e. The first-order valence-electron chi connectivity index (χ1n) is 19.3. The SMILES string of the molecule is C1=Cc2oc3ccc4sc5c(-c6nc(-c7ccccc7)nc(-c7ccc(-c8ccccc8)cc7)n6)cc(-n6c7ccccc7c7ccccc76)cc5c4c3c2CC1. The highest BCUT2D eigenvalue weighted by molar-refractivity contribution is 7.26. The van der Waals surface area contributed by atoms with Crippen molar-refractivity contribution in [2.75, 3.05) is 0 Å². The summed E-state index contributed by atoms with van der Waals surface area (Å²) in [5.41, 5.74) is 10.7. The fourth-order valence-electron chi connectivity index (χ4n) is 8.70. The Kier molecular flexibility index (Phi) is 7.16. The van der Waals surface area contributed by atoms with Gasteiger partial charge in [0.05, 0.1) is 11.0 Å². The van der Waals surface area contributed by atoms with Gasteiger partial charge < -0.3 is 8.98 Å². The molecule has 1 aliphatic rings. The van der Waals surface area contributed by atoms with Gasteiger partial charge in [0, 0.05) is 64.3 Å². The van der Waals surface area contributed by atoms with Gasteiger partial charge in [0.25, 0.3) is 0 Å². The molecule has 4 heterocycles. The maximum atomic E-state index is 6.50. The average Bonchev–Trinajstić information content (AvgIpc) is 3.96. The molecule has 0 saturated carbocycles. The summed E-state index contributed by atoms with van der Waals surface area (Å²) in [6.45, 7) is 0. The van der Waals surface area contributed by atoms with E-state index in [1.165, 1.54) is 42.8 Å². The summed E-state index contributed by atoms with van der Waals surface area (Å²) in [6, 6.07) is 55.6. The molecule has 6 heteroatoms. The fraction of sp³-hybridized carbons (Fsp3) is 0.0392. The van der Waals surface area contributed by atoms with Crippen LogP contribution < -0.4 is 0 Å². The van der Waals surface area contributed by atoms with Gasteiger partial charge in [0.1, 0.15) is 11.3 Å². The van der Waals surface area contributed by atoms with Gasteiger partial charge in [-0.25, -0.2) is 15.0 Å². The van der Waals surface area contributed by atoms with E-state index >= 15 is 0 Å². The Morgan fingerprint density at radius 2 is 1.12 bits per heavy atom. The summed E-state index contributed by atoms with van der Waals surface area (Å²) in [5.74, 6) is 2.87. The molecule has 268 valence electrons. The quantitative estimate of drug-likeness (QED) is 0.176. The Hall–Kier alpha value is -7.15. The number of fused-ring (bicyclic) bond motifs is 10. The van der Waals surface area contributed by atoms with Crippen LogP contribution in [0.5, 0.6) is 0 Å². The Bertz CT molecular complexity index is 3340. The second-order valence-corrected chi connectivity index (χ2v) is 15.7. The molecule has 0 radical (unpaired) electrons. The van der Waals surface area contributed by atoms with E-state index in [9.17, 15) is 0 Å². The van der Waals surface area contributed by atoms with Crippen LogP contribution in [-0.4, -0.2) is 19.5 Å². The van der Waals surface area contributed by atoms with Crippen LogP contribution in [0.25, 0.3) is 110 Å². The monoisotopic (exact) mass is 748 g/mol. The van der Waals surface area contributed by atoms with Crippen molar-refractivity contribution in [3.05, 3.63) is 175 Å². The molecule has 0 amide bonds. The highest BCUT2D eigenvalue weighted by Gasteiger charge is 2.24. The Morgan fingerprint density at radius 3 is 1.84 bits per heavy atom. The minimum absolute atomic E-state index is 0.632. The van der Waals surface area contributed by atoms with E-state index in [1.54, 1.807) is 11.3 Å². The number of nitrogens with zero attached hydrogens (tertiary/aromatic N) is 4. The number of rotatable bonds is 5. The maximum Gasteiger partial charge on any atom is 0.165 e. The summed E-state index contributed by atoms with van der Waals surface area (Å²) in [6.07, 6.45) is 6.30. The van der Waals surface area contributed by atoms with E-state index in [0.29, 0.717) is 17.5 Å². The number of aromatic nitrogens is 4. The van der Waals surface area contributed by atoms with Gasteiger partial charge in [-0.1, -0.05) is 127 Å². The number of para-hydroxylation sites is 2. The summed E-state index contributed by atoms with van der Waals surface area (Å²) < 4.78 is 11.2. The molecule has 4 aromatic heterocycles. The van der Waals surface area contributed by atoms with E-state index in [0.717, 1.165) is 67.9 Å². The van der Waals surface area contributed by atoms with Crippen LogP contribution in [0, 0.1) is 0 Å². The predicted octanol–water partition coefficient (Wildman–Crippen LogP) is 13.7. The molecule has 0 atom stereocenters. The Balaban J connectivity index is 1.17. The van der Waals surface area contributed by atoms with Gasteiger partial charge in [-0.3, -0.25) is 0 Å². The number of hydrogen-bond acceptors (Lipinski definition) is 5. The van der Waals surface area contributed by atoms with Gasteiger partial charge >= 0.3 is 0 Å². The highest BCUT2D eigenvalue weighted by atomic mass is 32.1. The van der Waals surface area contributed by atoms with E-state index in [4.69, 9.17) is 19.4 Å². The summed E-state index contributed by atoms with van der Waals surface area (Å²) in [4.78, 5) is 15.8. The first-order chi connectivity index (χ1) is 28.2. The first-order valence-corrected chi connectivity index (χ1v) is 20.1. The minimum atomic E-state index is 0.632. The zero-order chi connectivity index (χ0) is 37.5. The third-order valence-electron chi connectivity index (χ3n) is 11.3. The maximum absolute atomic E-state index is 6.50. The standard InChI is InChI=1S/C51H32N4OS/c1-3-13-31(14-4-1)32-23-25-34(26-24-32)50-52-49(33-15-5-2-6-16-33)53-51(54-50)40-30-35(55-41-20-10-7-17-36(41)37-18-8-11-21-42(37)55)29-39-47-45(57-48(39)40)28-27-44-46(47)38-19-9-12-22-43(38)56-44/h1-8,10-18,20-30H,9,19H2. The lowest BCUT2D eigenvalue weighted by molar-refractivity contribution is 0.595. The van der Waals surface area contributed by atoms with E-state index in [-0.39, 0.29) is 0 Å². The topological polar surface area (TPSA) is 56.7 Å². The molecule has 1 aliphatic carbocycles. The van der Waals surface area contributed by atoms with Crippen LogP contribution in [0.4, 0.5) is 0 Å². The fourth-order valence-corrected chi connectivity index (χ4v) is 9.91. The average molecular weight is 749 g/mol. The Labute approximate surface area is 331 Å². The molecule has 0 bridgehead atoms. The van der Waals surface area contributed by atoms with Crippen molar-refractivity contribution in [3.8, 4) is 51.0 Å². The number of allylic oxidation sites excluding steroid dienone is 1. The molecule has 11 aromatic rings. The highest BCUT2D eigenvalue weighted by Crippen LogP contribution is 2.47. The van der Waals surface area contributed by atoms with Gasteiger partial charge in [-0.2, -0.15) is 0 Å². The van der Waals surface area contributed by atoms with Crippen molar-refractivity contribution in [1.82, 2.24) is 19.5 Å². The molecule has 0 fully saturated rings. The second-order valence-electron chi connectivity index (χ2n) is 14.7. The molecular weight excluding hydrogens is 717 g/mol. The normalized spacial score (nSPS) is 12.7. The van der Waals surface area contributed by atoms with Crippen molar-refractivity contribution in [2.24, 2.45) is 0 Å². The number of aryl methyl sites for hydroxylation is 1. The Morgan fingerprint density at radius 1 is 0.526 bits per heavy atom. The number of thiophene rings is 1. The van der Waals surface area contributed by atoms with Crippen LogP contribution in [0.3, 0.4) is 0 Å². The summed E-state index contributed by atoms with van der Waals surface area (Å²) in [7, 11) is 0. The third-order valence-corrected chi connectivity index (χ3v) is 12.5. The molecule has 7 aromatic carbocycles. The van der Waals surface area contributed by atoms with Crippen molar-refractivity contribution in [1.29, 1.82) is 0 Å². The zero-order valence-corrected chi connectivity index (χ0v) is 31.5. The van der Waals surface area contributed by atoms with Crippen LogP contribution in [0.2, 0.25) is 0 Å². The van der Waals surface area contributed by atoms with Gasteiger partial charge in [0.2, 0.25) is 0 Å². The van der Waals surface area contributed by atoms with E-state index < -0.39 is 0 Å². The smallest absolute Gasteiger partial charge is 0.165 e. The molecule has 57 heavy (non-hydrogen) atoms. The summed E-state index contributed by atoms with van der Waals surface area (Å²) >= 11 is 1.80. The van der Waals surface area contributed by atoms with Crippen LogP contribution in [-0.2, 0) is 6.42 Å². The number of hydrogen-bond donors (Lipinski definition) is 0. The van der Waals surface area contributed by atoms with Crippen molar-refractivity contribution in [2.45, 2.75) is 12.8 Å². The lowest BCUT2D eigenvalue weighted by Crippen LogP contribution is -2.01. The second kappa shape index (κ2) is 12.7. The zero-order valence-electron chi connectivity index (χ0n) is 30.7. The molecule has 0 spiro atoms. The van der Waals surface area contributed by atoms with E-state index in [1.807, 2.05) is 24.3 Å². The molecule has 5 nitrogen and oxygen atoms in total. The van der Waals surface area contributed by atoms with Crippen molar-refractivity contribution in [3.63, 3.8) is 0 Å². The van der Waals surface area contributed by atoms with Crippen LogP contribution in [0.15, 0.2) is 168 Å². The number of benzene rings is 7. The van der Waals surface area contributed by atoms with Gasteiger partial charge in [0.15, 0.2) is 17.5 Å². The van der Waals surface area contributed by atoms with Crippen LogP contribution >= 0.6 is 11.3 Å². The third kappa shape index (κ3) is 5.11. The first kappa shape index (κ1) is 32.1. The lowest BCUT2D eigenvalue weighted by Gasteiger charge is -2.13. The lowest BCUT2D eigenvalue weighted by atomic mass is 9.97. The van der Waals surface area contributed by atoms with Crippen molar-refractivity contribution >= 4 is 70.4 Å². The van der Waals surface area contributed by atoms with Crippen molar-refractivity contribution < 1.29 is 4.42 Å². The molecule has 0 unspecified atom stereocenters. The van der Waals surface area contributed by atoms with Gasteiger partial charge in [-0.05, 0) is 66.4 Å². The predicted molar refractivity (Wildman–Crippen MR) is 236 cm³/mol. The van der Waals surface area contributed by atoms with Gasteiger partial charge in [-0.15, -0.1) is 11.3 Å². The molecule has 0 saturated heterocycles. The summed E-state index contributed by atoms with van der Waals surface area (Å²) in [5, 5.41) is 6.05. The molecule has 0 N–H and O–H groups in total. The van der Waals surface area contributed by atoms with Crippen LogP contribution in [0.1, 0.15) is 17.7 Å². The number of furan rings is 1. The molecular formula is C51H32N4OS. The largest absolute Gasteiger partial charge is 0.456 e. The molecule has 0 aliphatic heterocycles. The van der Waals surface area contributed by atoms with E-state index in [2.05, 4.69) is 150 Å². The molecule has 12 rings (SSSR count).